The molecule has 1 aliphatic rings. The van der Waals surface area contributed by atoms with Crippen molar-refractivity contribution in [2.24, 2.45) is 0 Å². The summed E-state index contributed by atoms with van der Waals surface area (Å²) in [7, 11) is 3.20. The Morgan fingerprint density at radius 1 is 1.15 bits per heavy atom. The van der Waals surface area contributed by atoms with E-state index in [1.165, 1.54) is 0 Å². The molecular weight excluding hydrogens is 344 g/mol. The smallest absolute Gasteiger partial charge is 0.235 e. The van der Waals surface area contributed by atoms with Gasteiger partial charge in [-0.2, -0.15) is 10.2 Å². The Labute approximate surface area is 159 Å². The zero-order chi connectivity index (χ0) is 19.2. The molecule has 1 saturated heterocycles. The third-order valence-electron chi connectivity index (χ3n) is 4.66. The van der Waals surface area contributed by atoms with Crippen molar-refractivity contribution in [3.8, 4) is 17.6 Å². The van der Waals surface area contributed by atoms with Crippen molar-refractivity contribution < 1.29 is 13.9 Å². The topological polar surface area (TPSA) is 74.8 Å². The van der Waals surface area contributed by atoms with E-state index in [4.69, 9.17) is 13.9 Å². The highest BCUT2D eigenvalue weighted by atomic mass is 16.5. The zero-order valence-electron chi connectivity index (χ0n) is 15.9. The highest BCUT2D eigenvalue weighted by Gasteiger charge is 2.23. The second kappa shape index (κ2) is 8.60. The SMILES string of the molecule is CCN1CCN(c2oc(/C=C/c3ccc(OC)c(OC)c3)nc2C#N)CC1. The van der Waals surface area contributed by atoms with Gasteiger partial charge in [0, 0.05) is 32.3 Å². The number of nitrogens with zero attached hydrogens (tertiary/aromatic N) is 4. The van der Waals surface area contributed by atoms with Crippen molar-refractivity contribution in [2.75, 3.05) is 51.8 Å². The van der Waals surface area contributed by atoms with Gasteiger partial charge in [0.05, 0.1) is 14.2 Å². The number of hydrogen-bond acceptors (Lipinski definition) is 7. The van der Waals surface area contributed by atoms with Crippen molar-refractivity contribution in [3.63, 3.8) is 0 Å². The van der Waals surface area contributed by atoms with Crippen molar-refractivity contribution in [3.05, 3.63) is 35.3 Å². The van der Waals surface area contributed by atoms with Crippen LogP contribution in [-0.2, 0) is 0 Å². The van der Waals surface area contributed by atoms with Crippen LogP contribution in [0.1, 0.15) is 24.1 Å². The van der Waals surface area contributed by atoms with Gasteiger partial charge in [-0.3, -0.25) is 0 Å². The first-order valence-corrected chi connectivity index (χ1v) is 8.96. The van der Waals surface area contributed by atoms with Crippen molar-refractivity contribution in [2.45, 2.75) is 6.92 Å². The molecule has 0 N–H and O–H groups in total. The zero-order valence-corrected chi connectivity index (χ0v) is 15.9. The number of aromatic nitrogens is 1. The molecule has 0 amide bonds. The number of rotatable bonds is 6. The van der Waals surface area contributed by atoms with E-state index in [1.54, 1.807) is 20.3 Å². The summed E-state index contributed by atoms with van der Waals surface area (Å²) in [6.07, 6.45) is 3.63. The summed E-state index contributed by atoms with van der Waals surface area (Å²) >= 11 is 0. The number of oxazole rings is 1. The van der Waals surface area contributed by atoms with Crippen molar-refractivity contribution >= 4 is 18.0 Å². The van der Waals surface area contributed by atoms with Gasteiger partial charge in [0.25, 0.3) is 0 Å². The highest BCUT2D eigenvalue weighted by molar-refractivity contribution is 5.69. The number of hydrogen-bond donors (Lipinski definition) is 0. The largest absolute Gasteiger partial charge is 0.493 e. The third kappa shape index (κ3) is 4.23. The maximum absolute atomic E-state index is 9.41. The third-order valence-corrected chi connectivity index (χ3v) is 4.66. The van der Waals surface area contributed by atoms with Crippen LogP contribution in [-0.4, -0.2) is 56.8 Å². The number of piperazine rings is 1. The van der Waals surface area contributed by atoms with Gasteiger partial charge in [0.2, 0.25) is 17.5 Å². The Kier molecular flexibility index (Phi) is 5.99. The maximum Gasteiger partial charge on any atom is 0.235 e. The second-order valence-corrected chi connectivity index (χ2v) is 6.19. The Hall–Kier alpha value is -2.98. The lowest BCUT2D eigenvalue weighted by molar-refractivity contribution is 0.266. The fourth-order valence-electron chi connectivity index (χ4n) is 3.08. The molecule has 7 nitrogen and oxygen atoms in total. The Morgan fingerprint density at radius 2 is 1.89 bits per heavy atom. The molecule has 0 radical (unpaired) electrons. The van der Waals surface area contributed by atoms with Crippen molar-refractivity contribution in [1.82, 2.24) is 9.88 Å². The maximum atomic E-state index is 9.41. The molecule has 7 heteroatoms. The van der Waals surface area contributed by atoms with E-state index in [2.05, 4.69) is 27.8 Å². The number of ether oxygens (including phenoxy) is 2. The van der Waals surface area contributed by atoms with E-state index in [9.17, 15) is 5.26 Å². The number of anilines is 1. The average molecular weight is 368 g/mol. The van der Waals surface area contributed by atoms with Gasteiger partial charge >= 0.3 is 0 Å². The highest BCUT2D eigenvalue weighted by Crippen LogP contribution is 2.29. The van der Waals surface area contributed by atoms with E-state index in [1.807, 2.05) is 24.3 Å². The first-order chi connectivity index (χ1) is 13.2. The summed E-state index contributed by atoms with van der Waals surface area (Å²) in [6, 6.07) is 7.76. The lowest BCUT2D eigenvalue weighted by Gasteiger charge is -2.33. The molecule has 0 spiro atoms. The van der Waals surface area contributed by atoms with Crippen molar-refractivity contribution in [1.29, 1.82) is 5.26 Å². The summed E-state index contributed by atoms with van der Waals surface area (Å²) in [6.45, 7) is 6.77. The van der Waals surface area contributed by atoms with E-state index < -0.39 is 0 Å². The number of benzene rings is 1. The first-order valence-electron chi connectivity index (χ1n) is 8.96. The van der Waals surface area contributed by atoms with Crippen LogP contribution >= 0.6 is 0 Å². The van der Waals surface area contributed by atoms with Crippen LogP contribution in [0.15, 0.2) is 22.6 Å². The Bertz CT molecular complexity index is 845. The molecule has 0 atom stereocenters. The molecule has 1 aliphatic heterocycles. The fraction of sp³-hybridized carbons (Fsp3) is 0.400. The molecule has 0 saturated carbocycles. The minimum Gasteiger partial charge on any atom is -0.493 e. The molecule has 1 aromatic carbocycles. The van der Waals surface area contributed by atoms with Crippen LogP contribution in [0.3, 0.4) is 0 Å². The molecular formula is C20H24N4O3. The summed E-state index contributed by atoms with van der Waals surface area (Å²) in [5.74, 6) is 2.29. The number of likely N-dealkylation sites (N-methyl/N-ethyl adjacent to an activating group) is 1. The molecule has 0 aliphatic carbocycles. The van der Waals surface area contributed by atoms with Crippen LogP contribution in [0.25, 0.3) is 12.2 Å². The fourth-order valence-corrected chi connectivity index (χ4v) is 3.08. The lowest BCUT2D eigenvalue weighted by Crippen LogP contribution is -2.46. The number of methoxy groups -OCH3 is 2. The van der Waals surface area contributed by atoms with Gasteiger partial charge in [-0.1, -0.05) is 13.0 Å². The van der Waals surface area contributed by atoms with Crippen LogP contribution in [0.4, 0.5) is 5.88 Å². The predicted molar refractivity (Wildman–Crippen MR) is 104 cm³/mol. The molecule has 2 heterocycles. The van der Waals surface area contributed by atoms with Crippen LogP contribution < -0.4 is 14.4 Å². The molecule has 3 rings (SSSR count). The Morgan fingerprint density at radius 3 is 2.52 bits per heavy atom. The van der Waals surface area contributed by atoms with Gasteiger partial charge in [-0.25, -0.2) is 0 Å². The van der Waals surface area contributed by atoms with E-state index in [0.717, 1.165) is 38.3 Å². The average Bonchev–Trinajstić information content (AvgIpc) is 3.15. The molecule has 142 valence electrons. The minimum atomic E-state index is 0.326. The Balaban J connectivity index is 1.77. The molecule has 1 aromatic heterocycles. The van der Waals surface area contributed by atoms with Gasteiger partial charge in [-0.15, -0.1) is 0 Å². The minimum absolute atomic E-state index is 0.326. The van der Waals surface area contributed by atoms with E-state index in [-0.39, 0.29) is 0 Å². The van der Waals surface area contributed by atoms with Crippen LogP contribution in [0.2, 0.25) is 0 Å². The molecule has 0 unspecified atom stereocenters. The summed E-state index contributed by atoms with van der Waals surface area (Å²) in [4.78, 5) is 8.77. The van der Waals surface area contributed by atoms with Gasteiger partial charge in [0.1, 0.15) is 6.07 Å². The monoisotopic (exact) mass is 368 g/mol. The lowest BCUT2D eigenvalue weighted by atomic mass is 10.2. The predicted octanol–water partition coefficient (Wildman–Crippen LogP) is 2.88. The molecule has 27 heavy (non-hydrogen) atoms. The summed E-state index contributed by atoms with van der Waals surface area (Å²) in [5.41, 5.74) is 1.24. The second-order valence-electron chi connectivity index (χ2n) is 6.19. The molecule has 2 aromatic rings. The summed E-state index contributed by atoms with van der Waals surface area (Å²) in [5, 5.41) is 9.41. The molecule has 1 fully saturated rings. The normalized spacial score (nSPS) is 15.1. The van der Waals surface area contributed by atoms with Gasteiger partial charge < -0.3 is 23.7 Å². The van der Waals surface area contributed by atoms with Crippen LogP contribution in [0.5, 0.6) is 11.5 Å². The standard InChI is InChI=1S/C20H24N4O3/c1-4-23-9-11-24(12-10-23)20-16(14-21)22-19(27-20)8-6-15-5-7-17(25-2)18(13-15)26-3/h5-8,13H,4,9-12H2,1-3H3/b8-6+. The van der Waals surface area contributed by atoms with Crippen LogP contribution in [0, 0.1) is 11.3 Å². The quantitative estimate of drug-likeness (QED) is 0.776. The summed E-state index contributed by atoms with van der Waals surface area (Å²) < 4.78 is 16.4. The van der Waals surface area contributed by atoms with Gasteiger partial charge in [-0.05, 0) is 30.3 Å². The number of nitriles is 1. The molecule has 0 bridgehead atoms. The van der Waals surface area contributed by atoms with Gasteiger partial charge in [0.15, 0.2) is 11.5 Å². The first kappa shape index (κ1) is 18.8. The van der Waals surface area contributed by atoms with E-state index >= 15 is 0 Å². The van der Waals surface area contributed by atoms with E-state index in [0.29, 0.717) is 29.0 Å².